The van der Waals surface area contributed by atoms with E-state index in [1.165, 1.54) is 0 Å². The van der Waals surface area contributed by atoms with Crippen LogP contribution >= 0.6 is 0 Å². The van der Waals surface area contributed by atoms with Gasteiger partial charge in [0.05, 0.1) is 11.3 Å². The third-order valence-electron chi connectivity index (χ3n) is 3.72. The van der Waals surface area contributed by atoms with E-state index in [9.17, 15) is 0 Å². The standard InChI is InChI=1S/C15H26N4O2/c1-5-16-14(18-10-15(4)7-6-8-20-15)17-9-13-19-11(2)12(3)21-13/h5-10H2,1-4H3,(H2,16,17,18). The number of aryl methyl sites for hydroxylation is 2. The molecule has 1 unspecified atom stereocenters. The zero-order valence-corrected chi connectivity index (χ0v) is 13.5. The second-order valence-corrected chi connectivity index (χ2v) is 5.70. The van der Waals surface area contributed by atoms with Crippen LogP contribution in [0.15, 0.2) is 9.41 Å². The molecule has 21 heavy (non-hydrogen) atoms. The van der Waals surface area contributed by atoms with Gasteiger partial charge in [0.15, 0.2) is 5.96 Å². The number of aliphatic imine (C=N–C) groups is 1. The molecule has 1 atom stereocenters. The van der Waals surface area contributed by atoms with Gasteiger partial charge in [-0.15, -0.1) is 0 Å². The van der Waals surface area contributed by atoms with Gasteiger partial charge in [-0.1, -0.05) is 0 Å². The topological polar surface area (TPSA) is 71.7 Å². The Kier molecular flexibility index (Phi) is 5.22. The monoisotopic (exact) mass is 294 g/mol. The average molecular weight is 294 g/mol. The molecular weight excluding hydrogens is 268 g/mol. The largest absolute Gasteiger partial charge is 0.444 e. The van der Waals surface area contributed by atoms with Gasteiger partial charge in [0, 0.05) is 19.7 Å². The van der Waals surface area contributed by atoms with Crippen molar-refractivity contribution in [3.05, 3.63) is 17.3 Å². The lowest BCUT2D eigenvalue weighted by Gasteiger charge is -2.24. The van der Waals surface area contributed by atoms with Gasteiger partial charge in [-0.3, -0.25) is 0 Å². The van der Waals surface area contributed by atoms with Crippen molar-refractivity contribution in [3.8, 4) is 0 Å². The molecule has 1 saturated heterocycles. The van der Waals surface area contributed by atoms with E-state index in [0.29, 0.717) is 12.4 Å². The molecule has 118 valence electrons. The number of aromatic nitrogens is 1. The van der Waals surface area contributed by atoms with Crippen molar-refractivity contribution in [2.75, 3.05) is 19.7 Å². The smallest absolute Gasteiger partial charge is 0.216 e. The van der Waals surface area contributed by atoms with Crippen LogP contribution in [-0.4, -0.2) is 36.2 Å². The number of guanidine groups is 1. The van der Waals surface area contributed by atoms with Crippen LogP contribution in [0.25, 0.3) is 0 Å². The fourth-order valence-corrected chi connectivity index (χ4v) is 2.34. The summed E-state index contributed by atoms with van der Waals surface area (Å²) in [5.41, 5.74) is 0.830. The van der Waals surface area contributed by atoms with Gasteiger partial charge in [0.1, 0.15) is 12.3 Å². The van der Waals surface area contributed by atoms with Crippen LogP contribution in [0.1, 0.15) is 44.0 Å². The molecule has 1 aromatic rings. The predicted octanol–water partition coefficient (Wildman–Crippen LogP) is 1.92. The maximum absolute atomic E-state index is 5.77. The highest BCUT2D eigenvalue weighted by atomic mass is 16.5. The number of ether oxygens (including phenoxy) is 1. The first kappa shape index (κ1) is 15.8. The van der Waals surface area contributed by atoms with Crippen molar-refractivity contribution in [2.24, 2.45) is 4.99 Å². The fourth-order valence-electron chi connectivity index (χ4n) is 2.34. The van der Waals surface area contributed by atoms with E-state index in [-0.39, 0.29) is 5.60 Å². The highest BCUT2D eigenvalue weighted by molar-refractivity contribution is 5.79. The summed E-state index contributed by atoms with van der Waals surface area (Å²) in [4.78, 5) is 8.85. The molecule has 6 nitrogen and oxygen atoms in total. The van der Waals surface area contributed by atoms with E-state index >= 15 is 0 Å². The summed E-state index contributed by atoms with van der Waals surface area (Å²) >= 11 is 0. The third-order valence-corrected chi connectivity index (χ3v) is 3.72. The average Bonchev–Trinajstić information content (AvgIpc) is 3.01. The molecule has 2 rings (SSSR count). The molecule has 0 saturated carbocycles. The minimum Gasteiger partial charge on any atom is -0.444 e. The summed E-state index contributed by atoms with van der Waals surface area (Å²) < 4.78 is 11.3. The molecule has 0 spiro atoms. The van der Waals surface area contributed by atoms with E-state index in [2.05, 4.69) is 27.5 Å². The van der Waals surface area contributed by atoms with Crippen LogP contribution in [-0.2, 0) is 11.3 Å². The molecule has 1 fully saturated rings. The first-order valence-electron chi connectivity index (χ1n) is 7.61. The number of hydrogen-bond donors (Lipinski definition) is 2. The van der Waals surface area contributed by atoms with E-state index in [4.69, 9.17) is 9.15 Å². The highest BCUT2D eigenvalue weighted by Crippen LogP contribution is 2.23. The normalized spacial score (nSPS) is 22.6. The Morgan fingerprint density at radius 2 is 2.19 bits per heavy atom. The lowest BCUT2D eigenvalue weighted by molar-refractivity contribution is 0.0243. The molecule has 2 N–H and O–H groups in total. The zero-order valence-electron chi connectivity index (χ0n) is 13.5. The zero-order chi connectivity index (χ0) is 15.3. The third kappa shape index (κ3) is 4.46. The maximum Gasteiger partial charge on any atom is 0.216 e. The summed E-state index contributed by atoms with van der Waals surface area (Å²) in [5.74, 6) is 2.26. The Hall–Kier alpha value is -1.56. The van der Waals surface area contributed by atoms with Gasteiger partial charge in [-0.25, -0.2) is 9.98 Å². The Morgan fingerprint density at radius 3 is 2.76 bits per heavy atom. The SMILES string of the molecule is CCNC(=NCc1nc(C)c(C)o1)NCC1(C)CCCO1. The number of hydrogen-bond acceptors (Lipinski definition) is 4. The number of nitrogens with zero attached hydrogens (tertiary/aromatic N) is 2. The van der Waals surface area contributed by atoms with Crippen LogP contribution in [0.5, 0.6) is 0 Å². The van der Waals surface area contributed by atoms with Gasteiger partial charge >= 0.3 is 0 Å². The molecular formula is C15H26N4O2. The minimum atomic E-state index is -0.0910. The molecule has 6 heteroatoms. The molecule has 1 aromatic heterocycles. The first-order chi connectivity index (χ1) is 10.0. The molecule has 0 aromatic carbocycles. The molecule has 0 aliphatic carbocycles. The van der Waals surface area contributed by atoms with Gasteiger partial charge in [-0.05, 0) is 40.5 Å². The van der Waals surface area contributed by atoms with E-state index in [1.807, 2.05) is 20.8 Å². The van der Waals surface area contributed by atoms with E-state index in [1.54, 1.807) is 0 Å². The Balaban J connectivity index is 1.92. The summed E-state index contributed by atoms with van der Waals surface area (Å²) in [6, 6.07) is 0. The Bertz CT molecular complexity index is 470. The van der Waals surface area contributed by atoms with Crippen molar-refractivity contribution < 1.29 is 9.15 Å². The fraction of sp³-hybridized carbons (Fsp3) is 0.733. The van der Waals surface area contributed by atoms with Crippen LogP contribution in [0, 0.1) is 13.8 Å². The highest BCUT2D eigenvalue weighted by Gasteiger charge is 2.29. The molecule has 1 aliphatic heterocycles. The quantitative estimate of drug-likeness (QED) is 0.641. The number of oxazole rings is 1. The van der Waals surface area contributed by atoms with Crippen molar-refractivity contribution in [1.82, 2.24) is 15.6 Å². The van der Waals surface area contributed by atoms with E-state index in [0.717, 1.165) is 50.0 Å². The maximum atomic E-state index is 5.77. The lowest BCUT2D eigenvalue weighted by Crippen LogP contribution is -2.45. The number of nitrogens with one attached hydrogen (secondary N) is 2. The van der Waals surface area contributed by atoms with Crippen LogP contribution in [0.2, 0.25) is 0 Å². The summed E-state index contributed by atoms with van der Waals surface area (Å²) in [6.45, 7) is 10.9. The summed E-state index contributed by atoms with van der Waals surface area (Å²) in [5, 5.41) is 6.57. The van der Waals surface area contributed by atoms with Crippen molar-refractivity contribution in [1.29, 1.82) is 0 Å². The Labute approximate surface area is 126 Å². The molecule has 0 bridgehead atoms. The molecule has 0 amide bonds. The lowest BCUT2D eigenvalue weighted by atomic mass is 10.0. The van der Waals surface area contributed by atoms with Crippen molar-refractivity contribution in [3.63, 3.8) is 0 Å². The first-order valence-corrected chi connectivity index (χ1v) is 7.61. The second kappa shape index (κ2) is 6.93. The van der Waals surface area contributed by atoms with Gasteiger partial charge in [0.2, 0.25) is 5.89 Å². The van der Waals surface area contributed by atoms with Crippen LogP contribution in [0.4, 0.5) is 0 Å². The van der Waals surface area contributed by atoms with Gasteiger partial charge in [-0.2, -0.15) is 0 Å². The minimum absolute atomic E-state index is 0.0910. The van der Waals surface area contributed by atoms with Crippen LogP contribution in [0.3, 0.4) is 0 Å². The van der Waals surface area contributed by atoms with E-state index < -0.39 is 0 Å². The predicted molar refractivity (Wildman–Crippen MR) is 82.4 cm³/mol. The number of rotatable bonds is 5. The van der Waals surface area contributed by atoms with Gasteiger partial charge in [0.25, 0.3) is 0 Å². The molecule has 0 radical (unpaired) electrons. The summed E-state index contributed by atoms with van der Waals surface area (Å²) in [7, 11) is 0. The van der Waals surface area contributed by atoms with Crippen LogP contribution < -0.4 is 10.6 Å². The molecule has 2 heterocycles. The summed E-state index contributed by atoms with van der Waals surface area (Å²) in [6.07, 6.45) is 2.21. The van der Waals surface area contributed by atoms with Crippen molar-refractivity contribution in [2.45, 2.75) is 52.7 Å². The second-order valence-electron chi connectivity index (χ2n) is 5.70. The Morgan fingerprint density at radius 1 is 1.38 bits per heavy atom. The van der Waals surface area contributed by atoms with Crippen molar-refractivity contribution >= 4 is 5.96 Å². The molecule has 1 aliphatic rings. The van der Waals surface area contributed by atoms with Gasteiger partial charge < -0.3 is 19.8 Å².